The van der Waals surface area contributed by atoms with Crippen molar-refractivity contribution in [3.63, 3.8) is 0 Å². The molecule has 3 rings (SSSR count). The highest BCUT2D eigenvalue weighted by Crippen LogP contribution is 2.48. The molecule has 0 aliphatic heterocycles. The van der Waals surface area contributed by atoms with Crippen LogP contribution in [0.5, 0.6) is 0 Å². The molecule has 0 heterocycles. The summed E-state index contributed by atoms with van der Waals surface area (Å²) in [7, 11) is 0. The van der Waals surface area contributed by atoms with Crippen molar-refractivity contribution in [1.29, 1.82) is 0 Å². The van der Waals surface area contributed by atoms with Crippen molar-refractivity contribution in [3.05, 3.63) is 53.6 Å². The molecule has 2 nitrogen and oxygen atoms in total. The zero-order valence-corrected chi connectivity index (χ0v) is 10.5. The molecule has 1 N–H and O–H groups in total. The van der Waals surface area contributed by atoms with Crippen molar-refractivity contribution < 1.29 is 4.79 Å². The summed E-state index contributed by atoms with van der Waals surface area (Å²) in [5.41, 5.74) is 6.04. The Morgan fingerprint density at radius 2 is 1.72 bits per heavy atom. The molecule has 0 fully saturated rings. The van der Waals surface area contributed by atoms with Gasteiger partial charge in [0.2, 0.25) is 6.41 Å². The zero-order chi connectivity index (χ0) is 12.8. The molecule has 0 aromatic heterocycles. The lowest BCUT2D eigenvalue weighted by molar-refractivity contribution is -0.105. The van der Waals surface area contributed by atoms with Crippen molar-refractivity contribution in [3.8, 4) is 11.1 Å². The molecule has 2 aromatic carbocycles. The lowest BCUT2D eigenvalue weighted by Crippen LogP contribution is -2.15. The van der Waals surface area contributed by atoms with Gasteiger partial charge in [0.1, 0.15) is 0 Å². The van der Waals surface area contributed by atoms with E-state index in [1.807, 2.05) is 6.07 Å². The number of nitrogens with one attached hydrogen (secondary N) is 1. The van der Waals surface area contributed by atoms with Gasteiger partial charge in [-0.3, -0.25) is 4.79 Å². The molecule has 0 spiro atoms. The lowest BCUT2D eigenvalue weighted by Gasteiger charge is -2.21. The van der Waals surface area contributed by atoms with Crippen LogP contribution in [0.25, 0.3) is 11.1 Å². The number of fused-ring (bicyclic) bond motifs is 3. The molecule has 2 heteroatoms. The monoisotopic (exact) mass is 237 g/mol. The van der Waals surface area contributed by atoms with Crippen molar-refractivity contribution in [2.75, 3.05) is 5.32 Å². The van der Waals surface area contributed by atoms with E-state index in [4.69, 9.17) is 0 Å². The minimum Gasteiger partial charge on any atom is -0.329 e. The van der Waals surface area contributed by atoms with Gasteiger partial charge < -0.3 is 5.32 Å². The minimum absolute atomic E-state index is 0.00744. The molecule has 0 radical (unpaired) electrons. The lowest BCUT2D eigenvalue weighted by atomic mass is 9.82. The second-order valence-corrected chi connectivity index (χ2v) is 5.19. The first-order valence-electron chi connectivity index (χ1n) is 6.09. The normalized spacial score (nSPS) is 14.8. The summed E-state index contributed by atoms with van der Waals surface area (Å²) in [6, 6.07) is 14.6. The Balaban J connectivity index is 2.24. The van der Waals surface area contributed by atoms with Gasteiger partial charge in [0.05, 0.1) is 0 Å². The molecule has 18 heavy (non-hydrogen) atoms. The Morgan fingerprint density at radius 1 is 1.00 bits per heavy atom. The van der Waals surface area contributed by atoms with Crippen LogP contribution < -0.4 is 5.32 Å². The van der Waals surface area contributed by atoms with Crippen LogP contribution in [0.3, 0.4) is 0 Å². The van der Waals surface area contributed by atoms with E-state index in [0.29, 0.717) is 0 Å². The van der Waals surface area contributed by atoms with E-state index < -0.39 is 0 Å². The summed E-state index contributed by atoms with van der Waals surface area (Å²) >= 11 is 0. The standard InChI is InChI=1S/C16H15NO/c1-16(2)14-6-4-3-5-12(14)13-8-7-11(17-10-18)9-15(13)16/h3-10H,1-2H3,(H,17,18). The molecule has 0 atom stereocenters. The number of hydrogen-bond donors (Lipinski definition) is 1. The fraction of sp³-hybridized carbons (Fsp3) is 0.188. The second kappa shape index (κ2) is 3.70. The van der Waals surface area contributed by atoms with Gasteiger partial charge in [0, 0.05) is 11.1 Å². The van der Waals surface area contributed by atoms with Crippen LogP contribution in [0.4, 0.5) is 5.69 Å². The van der Waals surface area contributed by atoms with Gasteiger partial charge in [0.15, 0.2) is 0 Å². The second-order valence-electron chi connectivity index (χ2n) is 5.19. The molecule has 1 aliphatic rings. The Labute approximate surface area is 107 Å². The van der Waals surface area contributed by atoms with Gasteiger partial charge in [-0.1, -0.05) is 44.2 Å². The third kappa shape index (κ3) is 1.39. The third-order valence-corrected chi connectivity index (χ3v) is 3.81. The molecule has 90 valence electrons. The van der Waals surface area contributed by atoms with Crippen LogP contribution >= 0.6 is 0 Å². The summed E-state index contributed by atoms with van der Waals surface area (Å²) < 4.78 is 0. The van der Waals surface area contributed by atoms with E-state index in [-0.39, 0.29) is 5.41 Å². The first-order chi connectivity index (χ1) is 8.64. The number of anilines is 1. The molecule has 0 saturated carbocycles. The van der Waals surface area contributed by atoms with Gasteiger partial charge in [-0.2, -0.15) is 0 Å². The van der Waals surface area contributed by atoms with E-state index in [1.54, 1.807) is 0 Å². The highest BCUT2D eigenvalue weighted by atomic mass is 16.1. The van der Waals surface area contributed by atoms with Crippen LogP contribution in [0.15, 0.2) is 42.5 Å². The fourth-order valence-electron chi connectivity index (χ4n) is 2.86. The summed E-state index contributed by atoms with van der Waals surface area (Å²) in [5.74, 6) is 0. The number of rotatable bonds is 2. The van der Waals surface area contributed by atoms with Crippen LogP contribution in [-0.4, -0.2) is 6.41 Å². The first kappa shape index (κ1) is 11.0. The third-order valence-electron chi connectivity index (χ3n) is 3.81. The van der Waals surface area contributed by atoms with Crippen LogP contribution in [0, 0.1) is 0 Å². The number of hydrogen-bond acceptors (Lipinski definition) is 1. The molecule has 2 aromatic rings. The average Bonchev–Trinajstić information content (AvgIpc) is 2.60. The van der Waals surface area contributed by atoms with E-state index >= 15 is 0 Å². The zero-order valence-electron chi connectivity index (χ0n) is 10.5. The maximum atomic E-state index is 10.5. The Kier molecular flexibility index (Phi) is 2.27. The Morgan fingerprint density at radius 3 is 2.50 bits per heavy atom. The average molecular weight is 237 g/mol. The van der Waals surface area contributed by atoms with Crippen LogP contribution in [0.2, 0.25) is 0 Å². The SMILES string of the molecule is CC1(C)c2ccccc2-c2ccc(NC=O)cc21. The smallest absolute Gasteiger partial charge is 0.211 e. The predicted octanol–water partition coefficient (Wildman–Crippen LogP) is 3.56. The van der Waals surface area contributed by atoms with Gasteiger partial charge >= 0.3 is 0 Å². The highest BCUT2D eigenvalue weighted by molar-refractivity contribution is 5.83. The van der Waals surface area contributed by atoms with Gasteiger partial charge in [-0.05, 0) is 34.4 Å². The molecular weight excluding hydrogens is 222 g/mol. The van der Waals surface area contributed by atoms with E-state index in [2.05, 4.69) is 55.6 Å². The van der Waals surface area contributed by atoms with E-state index in [1.165, 1.54) is 22.3 Å². The number of amides is 1. The minimum atomic E-state index is -0.00744. The maximum Gasteiger partial charge on any atom is 0.211 e. The highest BCUT2D eigenvalue weighted by Gasteiger charge is 2.34. The topological polar surface area (TPSA) is 29.1 Å². The van der Waals surface area contributed by atoms with Crippen LogP contribution in [0.1, 0.15) is 25.0 Å². The first-order valence-corrected chi connectivity index (χ1v) is 6.09. The molecule has 1 aliphatic carbocycles. The number of carbonyl (C=O) groups excluding carboxylic acids is 1. The van der Waals surface area contributed by atoms with Gasteiger partial charge in [-0.25, -0.2) is 0 Å². The summed E-state index contributed by atoms with van der Waals surface area (Å²) in [6.45, 7) is 4.45. The summed E-state index contributed by atoms with van der Waals surface area (Å²) in [5, 5.41) is 2.72. The van der Waals surface area contributed by atoms with E-state index in [9.17, 15) is 4.79 Å². The number of benzene rings is 2. The molecule has 0 unspecified atom stereocenters. The quantitative estimate of drug-likeness (QED) is 0.795. The summed E-state index contributed by atoms with van der Waals surface area (Å²) in [4.78, 5) is 10.5. The van der Waals surface area contributed by atoms with Crippen molar-refractivity contribution in [2.45, 2.75) is 19.3 Å². The molecule has 0 saturated heterocycles. The maximum absolute atomic E-state index is 10.5. The molecular formula is C16H15NO. The van der Waals surface area contributed by atoms with Crippen molar-refractivity contribution >= 4 is 12.1 Å². The summed E-state index contributed by atoms with van der Waals surface area (Å²) in [6.07, 6.45) is 0.719. The number of carbonyl (C=O) groups is 1. The van der Waals surface area contributed by atoms with Crippen molar-refractivity contribution in [1.82, 2.24) is 0 Å². The van der Waals surface area contributed by atoms with Crippen molar-refractivity contribution in [2.24, 2.45) is 0 Å². The molecule has 1 amide bonds. The van der Waals surface area contributed by atoms with Gasteiger partial charge in [0.25, 0.3) is 0 Å². The largest absolute Gasteiger partial charge is 0.329 e. The van der Waals surface area contributed by atoms with Crippen LogP contribution in [-0.2, 0) is 10.2 Å². The Hall–Kier alpha value is -2.09. The van der Waals surface area contributed by atoms with Gasteiger partial charge in [-0.15, -0.1) is 0 Å². The predicted molar refractivity (Wildman–Crippen MR) is 73.7 cm³/mol. The molecule has 0 bridgehead atoms. The fourth-order valence-corrected chi connectivity index (χ4v) is 2.86. The Bertz CT molecular complexity index is 629. The van der Waals surface area contributed by atoms with E-state index in [0.717, 1.165) is 12.1 Å².